The molecule has 2 aliphatic heterocycles. The second-order valence-electron chi connectivity index (χ2n) is 35.3. The van der Waals surface area contributed by atoms with Crippen molar-refractivity contribution < 1.29 is 91.7 Å². The van der Waals surface area contributed by atoms with Crippen molar-refractivity contribution in [3.8, 4) is 11.1 Å². The van der Waals surface area contributed by atoms with Gasteiger partial charge in [0, 0.05) is 117 Å². The van der Waals surface area contributed by atoms with Crippen LogP contribution < -0.4 is 79.8 Å². The molecule has 39 heteroatoms. The third-order valence-corrected chi connectivity index (χ3v) is 24.8. The fraction of sp³-hybridized carbons (Fsp3) is 0.520. The summed E-state index contributed by atoms with van der Waals surface area (Å²) in [5.74, 6) is -11.8. The summed E-state index contributed by atoms with van der Waals surface area (Å²) in [6.45, 7) is 22.2. The lowest BCUT2D eigenvalue weighted by molar-refractivity contribution is -0.140. The molecular weight excluding hydrogens is 1800 g/mol. The van der Waals surface area contributed by atoms with Gasteiger partial charge in [0.2, 0.25) is 82.7 Å². The van der Waals surface area contributed by atoms with Crippen LogP contribution in [0.1, 0.15) is 154 Å². The molecule has 0 spiro atoms. The van der Waals surface area contributed by atoms with E-state index in [-0.39, 0.29) is 132 Å². The molecule has 2 fully saturated rings. The van der Waals surface area contributed by atoms with E-state index < -0.39 is 169 Å². The molecule has 2 saturated heterocycles. The van der Waals surface area contributed by atoms with Gasteiger partial charge in [0.25, 0.3) is 0 Å². The van der Waals surface area contributed by atoms with Crippen molar-refractivity contribution in [2.75, 3.05) is 83.5 Å². The number of nitrogens with zero attached hydrogens (tertiary/aromatic N) is 3. The van der Waals surface area contributed by atoms with Gasteiger partial charge in [0.15, 0.2) is 0 Å². The van der Waals surface area contributed by atoms with E-state index in [0.29, 0.717) is 53.9 Å². The van der Waals surface area contributed by atoms with Crippen molar-refractivity contribution in [2.45, 2.75) is 234 Å². The second kappa shape index (κ2) is 60.0. The van der Waals surface area contributed by atoms with Crippen LogP contribution >= 0.6 is 21.6 Å². The molecule has 748 valence electrons. The summed E-state index contributed by atoms with van der Waals surface area (Å²) < 4.78 is 0. The summed E-state index contributed by atoms with van der Waals surface area (Å²) in [4.78, 5) is 238. The molecule has 0 unspecified atom stereocenters. The zero-order valence-corrected chi connectivity index (χ0v) is 82.4. The Bertz CT molecular complexity index is 4810. The third-order valence-electron chi connectivity index (χ3n) is 22.4. The largest absolute Gasteiger partial charge is 0.376 e. The number of aldehydes is 1. The molecule has 0 aromatic heterocycles. The molecule has 0 bridgehead atoms. The molecule has 137 heavy (non-hydrogen) atoms. The smallest absolute Gasteiger partial charge is 0.245 e. The van der Waals surface area contributed by atoms with E-state index in [4.69, 9.17) is 4.79 Å². The Morgan fingerprint density at radius 1 is 0.526 bits per heavy atom. The third kappa shape index (κ3) is 42.3. The highest BCUT2D eigenvalue weighted by Gasteiger charge is 2.42. The number of nitrogens with one attached hydrogen (secondary N) is 15. The number of carbonyl (C=O) groups excluding carboxylic acids is 17. The Balaban J connectivity index is 0.00000947. The van der Waals surface area contributed by atoms with E-state index in [1.807, 2.05) is 82.0 Å². The van der Waals surface area contributed by atoms with Gasteiger partial charge in [0.1, 0.15) is 66.6 Å². The van der Waals surface area contributed by atoms with E-state index in [0.717, 1.165) is 56.5 Å². The van der Waals surface area contributed by atoms with Gasteiger partial charge in [-0.2, -0.15) is 0 Å². The van der Waals surface area contributed by atoms with E-state index >= 15 is 28.8 Å². The Labute approximate surface area is 810 Å². The van der Waals surface area contributed by atoms with Crippen LogP contribution in [-0.4, -0.2) is 282 Å². The quantitative estimate of drug-likeness (QED) is 0.0150. The lowest BCUT2D eigenvalue weighted by Gasteiger charge is -2.34. The molecule has 2 heterocycles. The van der Waals surface area contributed by atoms with Crippen LogP contribution in [0.25, 0.3) is 11.1 Å². The summed E-state index contributed by atoms with van der Waals surface area (Å²) in [6, 6.07) is 23.5. The number of hydrogen-bond acceptors (Lipinski definition) is 25. The van der Waals surface area contributed by atoms with Gasteiger partial charge in [-0.25, -0.2) is 0 Å². The SMILES string of the molecule is CC=O.CCCN(CCNC(C)=O)CC(=O)NCc1cccc(CNC(=O)[C@H](CC(C)=O)NC(=O)[C@H](Cc2ccc(-c3ccccc3)cc2)N[C@H](O)[C@@H]2CSSC[C@H](N[C@@H](O)[C@@H]3CCCN3C(=O)[C@H](CC(C)C)NC(=O)CN(CCNC(C)=O)CCNC(C)=O)C(=O)N[C@@H](CC(C)=O)C(=O)N[C@@H](Cc3ccc(C)cc3)C(=O)N[C@@H](Cc3ccc(C)cc3)C(=O)NCC(=O)N[C@@H](C(C)C)C(=O)N2)c1. The fourth-order valence-electron chi connectivity index (χ4n) is 15.3. The molecule has 0 radical (unpaired) electrons. The van der Waals surface area contributed by atoms with Crippen molar-refractivity contribution in [1.29, 1.82) is 0 Å². The zero-order chi connectivity index (χ0) is 101. The summed E-state index contributed by atoms with van der Waals surface area (Å²) in [5, 5.41) is 67.5. The number of carbonyl (C=O) groups is 17. The molecule has 5 aromatic carbocycles. The maximum atomic E-state index is 15.5. The highest BCUT2D eigenvalue weighted by molar-refractivity contribution is 8.76. The van der Waals surface area contributed by atoms with Crippen molar-refractivity contribution in [1.82, 2.24) is 94.5 Å². The van der Waals surface area contributed by atoms with Gasteiger partial charge in [-0.3, -0.25) is 97.1 Å². The minimum absolute atomic E-state index is 0.0855. The first-order chi connectivity index (χ1) is 65.2. The number of amides is 14. The van der Waals surface area contributed by atoms with Gasteiger partial charge in [-0.1, -0.05) is 195 Å². The van der Waals surface area contributed by atoms with Crippen LogP contribution in [0, 0.1) is 25.7 Å². The summed E-state index contributed by atoms with van der Waals surface area (Å²) in [6.07, 6.45) is -3.14. The molecule has 7 rings (SSSR count). The minimum Gasteiger partial charge on any atom is -0.376 e. The number of Topliss-reactive ketones (excluding diaryl/α,β-unsaturated/α-hetero) is 2. The van der Waals surface area contributed by atoms with Crippen molar-refractivity contribution in [3.63, 3.8) is 0 Å². The number of ketones is 2. The fourth-order valence-corrected chi connectivity index (χ4v) is 17.8. The lowest BCUT2D eigenvalue weighted by atomic mass is 9.99. The molecule has 12 atom stereocenters. The molecule has 17 N–H and O–H groups in total. The van der Waals surface area contributed by atoms with Crippen molar-refractivity contribution in [3.05, 3.63) is 166 Å². The number of hydrogen-bond donors (Lipinski definition) is 17. The number of aryl methyl sites for hydroxylation is 2. The van der Waals surface area contributed by atoms with Crippen LogP contribution in [0.4, 0.5) is 0 Å². The minimum atomic E-state index is -1.94. The second-order valence-corrected chi connectivity index (χ2v) is 37.8. The van der Waals surface area contributed by atoms with E-state index in [1.165, 1.54) is 46.4 Å². The molecule has 0 saturated carbocycles. The van der Waals surface area contributed by atoms with Crippen LogP contribution in [-0.2, 0) is 114 Å². The van der Waals surface area contributed by atoms with E-state index in [1.54, 1.807) is 104 Å². The monoisotopic (exact) mass is 1940 g/mol. The summed E-state index contributed by atoms with van der Waals surface area (Å²) in [7, 11) is 1.93. The van der Waals surface area contributed by atoms with E-state index in [2.05, 4.69) is 79.8 Å². The maximum Gasteiger partial charge on any atom is 0.245 e. The van der Waals surface area contributed by atoms with Gasteiger partial charge in [0.05, 0.1) is 43.8 Å². The molecule has 14 amide bonds. The van der Waals surface area contributed by atoms with Crippen molar-refractivity contribution in [2.24, 2.45) is 11.8 Å². The van der Waals surface area contributed by atoms with Gasteiger partial charge in [-0.15, -0.1) is 0 Å². The first-order valence-electron chi connectivity index (χ1n) is 46.5. The predicted molar refractivity (Wildman–Crippen MR) is 523 cm³/mol. The van der Waals surface area contributed by atoms with Crippen LogP contribution in [0.5, 0.6) is 0 Å². The average Bonchev–Trinajstić information content (AvgIpc) is 1.71. The maximum absolute atomic E-state index is 15.5. The van der Waals surface area contributed by atoms with Crippen LogP contribution in [0.15, 0.2) is 127 Å². The van der Waals surface area contributed by atoms with Crippen LogP contribution in [0.3, 0.4) is 0 Å². The highest BCUT2D eigenvalue weighted by atomic mass is 33.1. The number of likely N-dealkylation sites (tertiary alicyclic amines) is 1. The number of aliphatic hydroxyl groups is 2. The van der Waals surface area contributed by atoms with Gasteiger partial charge >= 0.3 is 0 Å². The molecular formula is C98H140N18O19S2. The number of aliphatic hydroxyl groups excluding tert-OH is 2. The summed E-state index contributed by atoms with van der Waals surface area (Å²) in [5.41, 5.74) is 6.45. The Morgan fingerprint density at radius 3 is 1.58 bits per heavy atom. The Kier molecular flexibility index (Phi) is 49.9. The van der Waals surface area contributed by atoms with Gasteiger partial charge in [-0.05, 0) is 124 Å². The topological polar surface area (TPSA) is 521 Å². The molecule has 5 aromatic rings. The average molecular weight is 1940 g/mol. The van der Waals surface area contributed by atoms with Crippen LogP contribution in [0.2, 0.25) is 0 Å². The Hall–Kier alpha value is -11.9. The number of rotatable bonds is 44. The first-order valence-corrected chi connectivity index (χ1v) is 49.0. The molecule has 2 aliphatic rings. The standard InChI is InChI=1S/C96H136N18O18S2.C2H4O/c1-13-39-112(41-36-97-64(10)117)54-84(121)100-51-70-19-17-20-71(47-70)52-101-87(123)74(45-62(8)115)104-90(126)78(50-69-32-34-73(35-33-69)72-21-15-14-16-22-72)108-93(129)81-57-134-133-56-80(109-94(130)82-23-18-40-114(82)96(132)79(44-58(2)3)103-85(122)55-113(42-37-98-65(11)118)43-38-99-66(12)119)92(128)105-75(46-63(9)116)89(125)107-77(49-68-30-26-61(7)27-31-68)91(127)106-76(48-67-28-24-60(6)25-29-67)88(124)102-53-83(120)111-86(59(4)5)95(131)110-81;1-2-3/h14-17,19-22,24-35,47,58-59,74-82,86,93-94,108-109,129-130H,13,18,23,36-46,48-57H2,1-12H3,(H,97,117)(H,98,118)(H,99,119)(H,100,121)(H,101,123)(H,102,124)(H,103,122)(H,104,126)(H,105,128)(H,106,127)(H,107,125)(H,110,131)(H,111,120);2H,1H3/t74-,75-,76-,77-,78-,79-,80-,81-,82-,86-,93+,94-;/m0./s1. The Morgan fingerprint density at radius 2 is 1.04 bits per heavy atom. The normalized spacial score (nSPS) is 18.7. The highest BCUT2D eigenvalue weighted by Crippen LogP contribution is 2.28. The molecule has 37 nitrogen and oxygen atoms in total. The molecule has 0 aliphatic carbocycles. The predicted octanol–water partition coefficient (Wildman–Crippen LogP) is 1.67. The first kappa shape index (κ1) is 114. The van der Waals surface area contributed by atoms with Crippen molar-refractivity contribution >= 4 is 122 Å². The van der Waals surface area contributed by atoms with E-state index in [9.17, 15) is 58.2 Å². The van der Waals surface area contributed by atoms with Gasteiger partial charge < -0.3 is 89.0 Å². The lowest BCUT2D eigenvalue weighted by Crippen LogP contribution is -2.62. The zero-order valence-electron chi connectivity index (χ0n) is 80.7. The summed E-state index contributed by atoms with van der Waals surface area (Å²) >= 11 is 0. The number of benzene rings is 5.